The molecule has 1 atom stereocenters. The second-order valence-electron chi connectivity index (χ2n) is 5.53. The van der Waals surface area contributed by atoms with Crippen LogP contribution < -0.4 is 10.2 Å². The van der Waals surface area contributed by atoms with Gasteiger partial charge in [0.05, 0.1) is 12.5 Å². The van der Waals surface area contributed by atoms with Gasteiger partial charge in [-0.05, 0) is 25.0 Å². The Labute approximate surface area is 139 Å². The fourth-order valence-corrected chi connectivity index (χ4v) is 3.54. The SMILES string of the molecule is COCCNC(=O)[C@@H]1CCCN(c2nnc(-n3cccc3)s2)C1. The Kier molecular flexibility index (Phi) is 5.24. The van der Waals surface area contributed by atoms with Crippen molar-refractivity contribution in [2.75, 3.05) is 38.3 Å². The van der Waals surface area contributed by atoms with Crippen LogP contribution in [-0.4, -0.2) is 54.0 Å². The Balaban J connectivity index is 1.61. The van der Waals surface area contributed by atoms with E-state index >= 15 is 0 Å². The molecule has 8 heteroatoms. The van der Waals surface area contributed by atoms with Crippen molar-refractivity contribution in [3.8, 4) is 5.13 Å². The van der Waals surface area contributed by atoms with Crippen LogP contribution in [-0.2, 0) is 9.53 Å². The average molecular weight is 335 g/mol. The van der Waals surface area contributed by atoms with Gasteiger partial charge in [-0.25, -0.2) is 0 Å². The number of hydrogen-bond donors (Lipinski definition) is 1. The highest BCUT2D eigenvalue weighted by Crippen LogP contribution is 2.27. The average Bonchev–Trinajstić information content (AvgIpc) is 3.26. The predicted octanol–water partition coefficient (Wildman–Crippen LogP) is 1.31. The van der Waals surface area contributed by atoms with Gasteiger partial charge < -0.3 is 15.0 Å². The molecule has 0 saturated carbocycles. The molecule has 3 rings (SSSR count). The molecule has 0 aromatic carbocycles. The van der Waals surface area contributed by atoms with Crippen LogP contribution in [0.15, 0.2) is 24.5 Å². The summed E-state index contributed by atoms with van der Waals surface area (Å²) in [5, 5.41) is 13.2. The van der Waals surface area contributed by atoms with Gasteiger partial charge in [0, 0.05) is 39.1 Å². The number of piperidine rings is 1. The molecular formula is C15H21N5O2S. The summed E-state index contributed by atoms with van der Waals surface area (Å²) in [7, 11) is 1.63. The molecule has 0 spiro atoms. The number of anilines is 1. The Bertz CT molecular complexity index is 628. The number of amides is 1. The summed E-state index contributed by atoms with van der Waals surface area (Å²) in [5.74, 6) is 0.0985. The second kappa shape index (κ2) is 7.56. The van der Waals surface area contributed by atoms with Crippen molar-refractivity contribution in [3.63, 3.8) is 0 Å². The summed E-state index contributed by atoms with van der Waals surface area (Å²) in [4.78, 5) is 14.4. The zero-order valence-corrected chi connectivity index (χ0v) is 14.0. The summed E-state index contributed by atoms with van der Waals surface area (Å²) in [6.07, 6.45) is 5.80. The van der Waals surface area contributed by atoms with Crippen LogP contribution in [0.3, 0.4) is 0 Å². The first-order chi connectivity index (χ1) is 11.3. The molecule has 0 bridgehead atoms. The maximum Gasteiger partial charge on any atom is 0.224 e. The van der Waals surface area contributed by atoms with Crippen molar-refractivity contribution in [2.24, 2.45) is 5.92 Å². The molecule has 23 heavy (non-hydrogen) atoms. The molecule has 1 aliphatic heterocycles. The standard InChI is InChI=1S/C15H21N5O2S/c1-22-10-6-16-13(21)12-5-4-9-20(11-12)15-18-17-14(23-15)19-7-2-3-8-19/h2-3,7-8,12H,4-6,9-11H2,1H3,(H,16,21)/t12-/m1/s1. The maximum atomic E-state index is 12.2. The predicted molar refractivity (Wildman–Crippen MR) is 89.1 cm³/mol. The van der Waals surface area contributed by atoms with Crippen molar-refractivity contribution in [2.45, 2.75) is 12.8 Å². The molecule has 0 radical (unpaired) electrons. The van der Waals surface area contributed by atoms with Crippen molar-refractivity contribution in [1.82, 2.24) is 20.1 Å². The normalized spacial score (nSPS) is 18.1. The van der Waals surface area contributed by atoms with Crippen LogP contribution in [0.5, 0.6) is 0 Å². The summed E-state index contributed by atoms with van der Waals surface area (Å²) < 4.78 is 6.91. The van der Waals surface area contributed by atoms with Crippen LogP contribution in [0.4, 0.5) is 5.13 Å². The minimum absolute atomic E-state index is 0.000431. The van der Waals surface area contributed by atoms with Gasteiger partial charge in [-0.1, -0.05) is 11.3 Å². The molecule has 7 nitrogen and oxygen atoms in total. The third-order valence-corrected chi connectivity index (χ3v) is 4.89. The lowest BCUT2D eigenvalue weighted by Crippen LogP contribution is -2.43. The molecule has 1 aliphatic rings. The van der Waals surface area contributed by atoms with Gasteiger partial charge in [-0.15, -0.1) is 10.2 Å². The Morgan fingerprint density at radius 1 is 1.39 bits per heavy atom. The lowest BCUT2D eigenvalue weighted by molar-refractivity contribution is -0.125. The molecule has 0 aliphatic carbocycles. The minimum Gasteiger partial charge on any atom is -0.383 e. The molecule has 1 saturated heterocycles. The zero-order chi connectivity index (χ0) is 16.1. The zero-order valence-electron chi connectivity index (χ0n) is 13.1. The van der Waals surface area contributed by atoms with E-state index in [1.54, 1.807) is 18.4 Å². The van der Waals surface area contributed by atoms with E-state index < -0.39 is 0 Å². The fraction of sp³-hybridized carbons (Fsp3) is 0.533. The molecule has 1 N–H and O–H groups in total. The highest BCUT2D eigenvalue weighted by molar-refractivity contribution is 7.17. The quantitative estimate of drug-likeness (QED) is 0.806. The molecule has 1 amide bonds. The summed E-state index contributed by atoms with van der Waals surface area (Å²) in [6, 6.07) is 3.92. The Morgan fingerprint density at radius 3 is 2.96 bits per heavy atom. The molecule has 2 aromatic rings. The van der Waals surface area contributed by atoms with E-state index in [1.165, 1.54) is 0 Å². The Morgan fingerprint density at radius 2 is 2.17 bits per heavy atom. The third kappa shape index (κ3) is 3.89. The van der Waals surface area contributed by atoms with Crippen LogP contribution in [0.2, 0.25) is 0 Å². The molecular weight excluding hydrogens is 314 g/mol. The molecule has 124 valence electrons. The van der Waals surface area contributed by atoms with Gasteiger partial charge in [0.15, 0.2) is 0 Å². The lowest BCUT2D eigenvalue weighted by Gasteiger charge is -2.31. The van der Waals surface area contributed by atoms with E-state index in [-0.39, 0.29) is 11.8 Å². The summed E-state index contributed by atoms with van der Waals surface area (Å²) >= 11 is 1.55. The molecule has 2 aromatic heterocycles. The summed E-state index contributed by atoms with van der Waals surface area (Å²) in [5.41, 5.74) is 0. The van der Waals surface area contributed by atoms with Gasteiger partial charge in [0.2, 0.25) is 16.2 Å². The molecule has 3 heterocycles. The van der Waals surface area contributed by atoms with Gasteiger partial charge in [0.1, 0.15) is 0 Å². The largest absolute Gasteiger partial charge is 0.383 e. The first kappa shape index (κ1) is 15.9. The highest BCUT2D eigenvalue weighted by atomic mass is 32.1. The van der Waals surface area contributed by atoms with Crippen molar-refractivity contribution in [3.05, 3.63) is 24.5 Å². The van der Waals surface area contributed by atoms with E-state index in [0.717, 1.165) is 29.6 Å². The van der Waals surface area contributed by atoms with Crippen molar-refractivity contribution in [1.29, 1.82) is 0 Å². The van der Waals surface area contributed by atoms with E-state index in [9.17, 15) is 4.79 Å². The number of aromatic nitrogens is 3. The number of nitrogens with one attached hydrogen (secondary N) is 1. The Hall–Kier alpha value is -1.93. The number of methoxy groups -OCH3 is 1. The maximum absolute atomic E-state index is 12.2. The van der Waals surface area contributed by atoms with Gasteiger partial charge in [-0.3, -0.25) is 9.36 Å². The number of rotatable bonds is 6. The van der Waals surface area contributed by atoms with Crippen LogP contribution in [0.25, 0.3) is 5.13 Å². The van der Waals surface area contributed by atoms with Crippen LogP contribution in [0.1, 0.15) is 12.8 Å². The first-order valence-corrected chi connectivity index (χ1v) is 8.58. The number of carbonyl (C=O) groups excluding carboxylic acids is 1. The second-order valence-corrected chi connectivity index (χ2v) is 6.46. The van der Waals surface area contributed by atoms with E-state index in [0.29, 0.717) is 19.7 Å². The number of ether oxygens (including phenoxy) is 1. The molecule has 1 fully saturated rings. The van der Waals surface area contributed by atoms with E-state index in [4.69, 9.17) is 4.74 Å². The number of nitrogens with zero attached hydrogens (tertiary/aromatic N) is 4. The van der Waals surface area contributed by atoms with Gasteiger partial charge in [0.25, 0.3) is 0 Å². The number of hydrogen-bond acceptors (Lipinski definition) is 6. The fourth-order valence-electron chi connectivity index (χ4n) is 2.69. The lowest BCUT2D eigenvalue weighted by atomic mass is 9.97. The molecule has 0 unspecified atom stereocenters. The van der Waals surface area contributed by atoms with Crippen LogP contribution >= 0.6 is 11.3 Å². The van der Waals surface area contributed by atoms with Crippen molar-refractivity contribution < 1.29 is 9.53 Å². The summed E-state index contributed by atoms with van der Waals surface area (Å²) in [6.45, 7) is 2.71. The van der Waals surface area contributed by atoms with Gasteiger partial charge in [-0.2, -0.15) is 0 Å². The van der Waals surface area contributed by atoms with Crippen LogP contribution in [0, 0.1) is 5.92 Å². The smallest absolute Gasteiger partial charge is 0.224 e. The number of carbonyl (C=O) groups is 1. The van der Waals surface area contributed by atoms with Gasteiger partial charge >= 0.3 is 0 Å². The van der Waals surface area contributed by atoms with E-state index in [1.807, 2.05) is 29.1 Å². The highest BCUT2D eigenvalue weighted by Gasteiger charge is 2.27. The van der Waals surface area contributed by atoms with Crippen molar-refractivity contribution >= 4 is 22.4 Å². The van der Waals surface area contributed by atoms with E-state index in [2.05, 4.69) is 20.4 Å². The third-order valence-electron chi connectivity index (χ3n) is 3.90. The first-order valence-electron chi connectivity index (χ1n) is 7.76. The monoisotopic (exact) mass is 335 g/mol. The topological polar surface area (TPSA) is 72.3 Å². The minimum atomic E-state index is -0.000431.